The van der Waals surface area contributed by atoms with E-state index in [4.69, 9.17) is 0 Å². The molecular weight excluding hydrogens is 256 g/mol. The Bertz CT molecular complexity index is 442. The third kappa shape index (κ3) is 3.32. The van der Waals surface area contributed by atoms with Gasteiger partial charge in [0, 0.05) is 31.2 Å². The summed E-state index contributed by atoms with van der Waals surface area (Å²) in [5.41, 5.74) is 1.48. The van der Waals surface area contributed by atoms with Crippen molar-refractivity contribution < 1.29 is 0 Å². The second kappa shape index (κ2) is 6.50. The normalized spacial score (nSPS) is 34.5. The van der Waals surface area contributed by atoms with Gasteiger partial charge in [0.1, 0.15) is 0 Å². The van der Waals surface area contributed by atoms with Crippen molar-refractivity contribution in [2.24, 2.45) is 11.8 Å². The van der Waals surface area contributed by atoms with Gasteiger partial charge < -0.3 is 5.32 Å². The van der Waals surface area contributed by atoms with Crippen LogP contribution < -0.4 is 5.32 Å². The van der Waals surface area contributed by atoms with Crippen LogP contribution >= 0.6 is 0 Å². The fourth-order valence-corrected chi connectivity index (χ4v) is 4.11. The molecule has 0 bridgehead atoms. The summed E-state index contributed by atoms with van der Waals surface area (Å²) in [7, 11) is 0. The van der Waals surface area contributed by atoms with Gasteiger partial charge in [-0.3, -0.25) is 4.90 Å². The lowest BCUT2D eigenvalue weighted by atomic mass is 9.94. The average molecular weight is 286 g/mol. The van der Waals surface area contributed by atoms with Gasteiger partial charge in [0.15, 0.2) is 0 Å². The smallest absolute Gasteiger partial charge is 0.0476 e. The van der Waals surface area contributed by atoms with Gasteiger partial charge in [-0.1, -0.05) is 51.1 Å². The van der Waals surface area contributed by atoms with Crippen LogP contribution in [0.4, 0.5) is 0 Å². The van der Waals surface area contributed by atoms with Crippen molar-refractivity contribution in [2.45, 2.75) is 58.2 Å². The maximum atomic E-state index is 3.79. The van der Waals surface area contributed by atoms with Crippen LogP contribution in [0.1, 0.15) is 51.6 Å². The molecule has 0 spiro atoms. The Labute approximate surface area is 129 Å². The monoisotopic (exact) mass is 286 g/mol. The van der Waals surface area contributed by atoms with Crippen molar-refractivity contribution in [2.75, 3.05) is 13.1 Å². The van der Waals surface area contributed by atoms with Gasteiger partial charge in [0.2, 0.25) is 0 Å². The number of rotatable bonds is 3. The van der Waals surface area contributed by atoms with Crippen LogP contribution in [-0.4, -0.2) is 30.1 Å². The molecule has 2 nitrogen and oxygen atoms in total. The van der Waals surface area contributed by atoms with Gasteiger partial charge in [-0.2, -0.15) is 0 Å². The maximum Gasteiger partial charge on any atom is 0.0476 e. The zero-order valence-corrected chi connectivity index (χ0v) is 13.8. The maximum absolute atomic E-state index is 3.79. The Morgan fingerprint density at radius 1 is 1.14 bits per heavy atom. The molecule has 4 atom stereocenters. The van der Waals surface area contributed by atoms with Crippen LogP contribution in [0.2, 0.25) is 0 Å². The molecule has 2 heteroatoms. The molecule has 2 aliphatic rings. The molecule has 21 heavy (non-hydrogen) atoms. The Morgan fingerprint density at radius 3 is 2.52 bits per heavy atom. The van der Waals surface area contributed by atoms with Crippen LogP contribution in [0.15, 0.2) is 30.3 Å². The van der Waals surface area contributed by atoms with Crippen LogP contribution in [0.5, 0.6) is 0 Å². The topological polar surface area (TPSA) is 15.3 Å². The van der Waals surface area contributed by atoms with Crippen molar-refractivity contribution in [1.82, 2.24) is 10.2 Å². The lowest BCUT2D eigenvalue weighted by Gasteiger charge is -2.45. The van der Waals surface area contributed by atoms with E-state index in [0.717, 1.165) is 18.5 Å². The number of hydrogen-bond donors (Lipinski definition) is 1. The Kier molecular flexibility index (Phi) is 4.66. The molecule has 1 saturated heterocycles. The van der Waals surface area contributed by atoms with Gasteiger partial charge in [0.05, 0.1) is 0 Å². The number of nitrogens with one attached hydrogen (secondary N) is 1. The van der Waals surface area contributed by atoms with Crippen LogP contribution in [0.25, 0.3) is 0 Å². The van der Waals surface area contributed by atoms with Gasteiger partial charge in [-0.05, 0) is 36.7 Å². The molecule has 1 aromatic carbocycles. The fourth-order valence-electron chi connectivity index (χ4n) is 4.11. The molecule has 1 aromatic rings. The Balaban J connectivity index is 1.80. The quantitative estimate of drug-likeness (QED) is 0.908. The first-order chi connectivity index (χ1) is 10.1. The summed E-state index contributed by atoms with van der Waals surface area (Å²) in [6, 6.07) is 13.1. The summed E-state index contributed by atoms with van der Waals surface area (Å²) in [5, 5.41) is 3.79. The number of nitrogens with zero attached hydrogens (tertiary/aromatic N) is 1. The molecule has 4 unspecified atom stereocenters. The highest BCUT2D eigenvalue weighted by atomic mass is 15.3. The van der Waals surface area contributed by atoms with Crippen molar-refractivity contribution in [3.05, 3.63) is 35.9 Å². The molecule has 1 aliphatic heterocycles. The molecular formula is C19H30N2. The molecule has 1 heterocycles. The molecule has 3 rings (SSSR count). The minimum atomic E-state index is 0.552. The second-order valence-corrected chi connectivity index (χ2v) is 7.45. The minimum absolute atomic E-state index is 0.552. The first-order valence-electron chi connectivity index (χ1n) is 8.69. The number of piperazine rings is 1. The minimum Gasteiger partial charge on any atom is -0.311 e. The van der Waals surface area contributed by atoms with E-state index >= 15 is 0 Å². The molecule has 2 fully saturated rings. The molecule has 0 aromatic heterocycles. The van der Waals surface area contributed by atoms with Crippen molar-refractivity contribution in [3.8, 4) is 0 Å². The first-order valence-corrected chi connectivity index (χ1v) is 8.69. The molecule has 116 valence electrons. The fraction of sp³-hybridized carbons (Fsp3) is 0.684. The van der Waals surface area contributed by atoms with Crippen molar-refractivity contribution >= 4 is 0 Å². The van der Waals surface area contributed by atoms with E-state index in [9.17, 15) is 0 Å². The first kappa shape index (κ1) is 15.1. The summed E-state index contributed by atoms with van der Waals surface area (Å²) in [6.45, 7) is 9.40. The van der Waals surface area contributed by atoms with E-state index in [0.29, 0.717) is 18.0 Å². The lowest BCUT2D eigenvalue weighted by Crippen LogP contribution is -2.56. The van der Waals surface area contributed by atoms with E-state index in [1.807, 2.05) is 0 Å². The number of benzene rings is 1. The summed E-state index contributed by atoms with van der Waals surface area (Å²) >= 11 is 0. The van der Waals surface area contributed by atoms with E-state index in [1.165, 1.54) is 31.4 Å². The standard InChI is InChI=1S/C19H30N2/c1-14(2)18-13-21(17-10-9-15(3)11-17)19(12-20-18)16-7-5-4-6-8-16/h4-8,14-15,17-20H,9-13H2,1-3H3. The molecule has 1 N–H and O–H groups in total. The highest BCUT2D eigenvalue weighted by Gasteiger charge is 2.37. The number of hydrogen-bond acceptors (Lipinski definition) is 2. The van der Waals surface area contributed by atoms with Crippen LogP contribution in [0, 0.1) is 11.8 Å². The summed E-state index contributed by atoms with van der Waals surface area (Å²) in [6.07, 6.45) is 4.17. The van der Waals surface area contributed by atoms with Gasteiger partial charge in [-0.15, -0.1) is 0 Å². The largest absolute Gasteiger partial charge is 0.311 e. The van der Waals surface area contributed by atoms with Crippen LogP contribution in [0.3, 0.4) is 0 Å². The zero-order valence-electron chi connectivity index (χ0n) is 13.8. The predicted octanol–water partition coefficient (Wildman–Crippen LogP) is 3.85. The Morgan fingerprint density at radius 2 is 1.90 bits per heavy atom. The molecule has 1 aliphatic carbocycles. The van der Waals surface area contributed by atoms with E-state index in [2.05, 4.69) is 61.3 Å². The third-order valence-corrected chi connectivity index (χ3v) is 5.51. The summed E-state index contributed by atoms with van der Waals surface area (Å²) in [5.74, 6) is 1.61. The molecule has 1 saturated carbocycles. The SMILES string of the molecule is CC1CCC(N2CC(C(C)C)NCC2c2ccccc2)C1. The van der Waals surface area contributed by atoms with E-state index < -0.39 is 0 Å². The second-order valence-electron chi connectivity index (χ2n) is 7.45. The summed E-state index contributed by atoms with van der Waals surface area (Å²) in [4.78, 5) is 2.82. The molecule has 0 amide bonds. The average Bonchev–Trinajstić information content (AvgIpc) is 2.94. The van der Waals surface area contributed by atoms with E-state index in [1.54, 1.807) is 0 Å². The van der Waals surface area contributed by atoms with Crippen molar-refractivity contribution in [1.29, 1.82) is 0 Å². The highest BCUT2D eigenvalue weighted by Crippen LogP contribution is 2.36. The predicted molar refractivity (Wildman–Crippen MR) is 89.3 cm³/mol. The zero-order chi connectivity index (χ0) is 14.8. The van der Waals surface area contributed by atoms with Crippen LogP contribution in [-0.2, 0) is 0 Å². The highest BCUT2D eigenvalue weighted by molar-refractivity contribution is 5.21. The van der Waals surface area contributed by atoms with Gasteiger partial charge in [-0.25, -0.2) is 0 Å². The molecule has 0 radical (unpaired) electrons. The van der Waals surface area contributed by atoms with E-state index in [-0.39, 0.29) is 0 Å². The lowest BCUT2D eigenvalue weighted by molar-refractivity contribution is 0.0694. The van der Waals surface area contributed by atoms with Gasteiger partial charge >= 0.3 is 0 Å². The van der Waals surface area contributed by atoms with Gasteiger partial charge in [0.25, 0.3) is 0 Å². The Hall–Kier alpha value is -0.860. The summed E-state index contributed by atoms with van der Waals surface area (Å²) < 4.78 is 0. The van der Waals surface area contributed by atoms with Crippen molar-refractivity contribution in [3.63, 3.8) is 0 Å². The third-order valence-electron chi connectivity index (χ3n) is 5.51.